The zero-order chi connectivity index (χ0) is 16.4. The Hall–Kier alpha value is -3.29. The van der Waals surface area contributed by atoms with Crippen LogP contribution in [0.15, 0.2) is 36.5 Å². The van der Waals surface area contributed by atoms with Crippen molar-refractivity contribution in [3.8, 4) is 11.5 Å². The molecule has 0 aliphatic carbocycles. The van der Waals surface area contributed by atoms with E-state index in [1.807, 2.05) is 31.2 Å². The Morgan fingerprint density at radius 1 is 1.12 bits per heavy atom. The van der Waals surface area contributed by atoms with E-state index in [4.69, 9.17) is 9.47 Å². The summed E-state index contributed by atoms with van der Waals surface area (Å²) in [5, 5.41) is 13.3. The van der Waals surface area contributed by atoms with Crippen molar-refractivity contribution in [2.45, 2.75) is 13.5 Å². The molecule has 122 valence electrons. The maximum absolute atomic E-state index is 5.38. The van der Waals surface area contributed by atoms with Crippen molar-refractivity contribution in [1.82, 2.24) is 20.2 Å². The van der Waals surface area contributed by atoms with E-state index in [2.05, 4.69) is 30.8 Å². The third kappa shape index (κ3) is 3.07. The van der Waals surface area contributed by atoms with Crippen LogP contribution in [0.5, 0.6) is 11.5 Å². The molecule has 3 N–H and O–H groups in total. The van der Waals surface area contributed by atoms with Gasteiger partial charge in [0, 0.05) is 24.5 Å². The number of aromatic amines is 1. The van der Waals surface area contributed by atoms with Gasteiger partial charge in [0.2, 0.25) is 12.7 Å². The van der Waals surface area contributed by atoms with Crippen molar-refractivity contribution in [2.75, 3.05) is 17.4 Å². The second-order valence-corrected chi connectivity index (χ2v) is 5.37. The molecule has 0 unspecified atom stereocenters. The van der Waals surface area contributed by atoms with Gasteiger partial charge in [-0.3, -0.25) is 5.10 Å². The summed E-state index contributed by atoms with van der Waals surface area (Å²) < 4.78 is 10.7. The number of anilines is 3. The number of nitrogens with one attached hydrogen (secondary N) is 3. The van der Waals surface area contributed by atoms with Crippen LogP contribution in [0.4, 0.5) is 17.6 Å². The minimum atomic E-state index is 0.274. The van der Waals surface area contributed by atoms with Gasteiger partial charge in [0.25, 0.3) is 0 Å². The Kier molecular flexibility index (Phi) is 3.62. The zero-order valence-electron chi connectivity index (χ0n) is 13.0. The van der Waals surface area contributed by atoms with Crippen molar-refractivity contribution in [3.63, 3.8) is 0 Å². The Morgan fingerprint density at radius 2 is 2.04 bits per heavy atom. The minimum absolute atomic E-state index is 0.274. The molecule has 0 spiro atoms. The fourth-order valence-corrected chi connectivity index (χ4v) is 2.36. The fourth-order valence-electron chi connectivity index (χ4n) is 2.36. The van der Waals surface area contributed by atoms with Crippen LogP contribution in [0.2, 0.25) is 0 Å². The molecule has 3 aromatic rings. The Labute approximate surface area is 138 Å². The SMILES string of the molecule is Cc1cc(Nc2ccnc(NCc3ccc4c(c3)OCO4)n2)n[nH]1. The summed E-state index contributed by atoms with van der Waals surface area (Å²) in [7, 11) is 0. The average molecular weight is 324 g/mol. The molecule has 0 saturated heterocycles. The van der Waals surface area contributed by atoms with Crippen molar-refractivity contribution < 1.29 is 9.47 Å². The van der Waals surface area contributed by atoms with Gasteiger partial charge in [-0.15, -0.1) is 0 Å². The van der Waals surface area contributed by atoms with E-state index in [1.165, 1.54) is 0 Å². The molecule has 0 radical (unpaired) electrons. The number of hydrogen-bond acceptors (Lipinski definition) is 7. The lowest BCUT2D eigenvalue weighted by Crippen LogP contribution is -2.05. The minimum Gasteiger partial charge on any atom is -0.454 e. The lowest BCUT2D eigenvalue weighted by atomic mass is 10.2. The Morgan fingerprint density at radius 3 is 2.92 bits per heavy atom. The summed E-state index contributed by atoms with van der Waals surface area (Å²) >= 11 is 0. The molecule has 0 fully saturated rings. The molecule has 24 heavy (non-hydrogen) atoms. The number of hydrogen-bond donors (Lipinski definition) is 3. The molecule has 2 aromatic heterocycles. The van der Waals surface area contributed by atoms with E-state index in [1.54, 1.807) is 12.3 Å². The summed E-state index contributed by atoms with van der Waals surface area (Å²) in [5.74, 6) is 3.46. The Balaban J connectivity index is 1.42. The average Bonchev–Trinajstić information content (AvgIpc) is 3.21. The first-order valence-electron chi connectivity index (χ1n) is 7.51. The monoisotopic (exact) mass is 324 g/mol. The number of fused-ring (bicyclic) bond motifs is 1. The number of nitrogens with zero attached hydrogens (tertiary/aromatic N) is 3. The molecule has 4 rings (SSSR count). The molecule has 0 amide bonds. The number of rotatable bonds is 5. The van der Waals surface area contributed by atoms with Crippen LogP contribution in [0.25, 0.3) is 0 Å². The summed E-state index contributed by atoms with van der Waals surface area (Å²) in [6.45, 7) is 2.80. The van der Waals surface area contributed by atoms with Gasteiger partial charge >= 0.3 is 0 Å². The molecule has 3 heterocycles. The van der Waals surface area contributed by atoms with Crippen LogP contribution < -0.4 is 20.1 Å². The standard InChI is InChI=1S/C16H16N6O2/c1-10-6-15(22-21-10)19-14-4-5-17-16(20-14)18-8-11-2-3-12-13(7-11)24-9-23-12/h2-7H,8-9H2,1H3,(H3,17,18,19,20,21,22). The Bertz CT molecular complexity index is 863. The number of benzene rings is 1. The van der Waals surface area contributed by atoms with Gasteiger partial charge in [0.15, 0.2) is 17.3 Å². The highest BCUT2D eigenvalue weighted by Gasteiger charge is 2.13. The van der Waals surface area contributed by atoms with E-state index in [0.29, 0.717) is 24.1 Å². The predicted molar refractivity (Wildman–Crippen MR) is 88.5 cm³/mol. The number of aryl methyl sites for hydroxylation is 1. The third-order valence-corrected chi connectivity index (χ3v) is 3.51. The maximum Gasteiger partial charge on any atom is 0.231 e. The second-order valence-electron chi connectivity index (χ2n) is 5.37. The molecule has 0 bridgehead atoms. The summed E-state index contributed by atoms with van der Waals surface area (Å²) in [6.07, 6.45) is 1.69. The number of aromatic nitrogens is 4. The van der Waals surface area contributed by atoms with E-state index < -0.39 is 0 Å². The van der Waals surface area contributed by atoms with Crippen molar-refractivity contribution in [2.24, 2.45) is 0 Å². The summed E-state index contributed by atoms with van der Waals surface area (Å²) in [6, 6.07) is 9.52. The normalized spacial score (nSPS) is 12.2. The zero-order valence-corrected chi connectivity index (χ0v) is 13.0. The van der Waals surface area contributed by atoms with Crippen molar-refractivity contribution in [1.29, 1.82) is 0 Å². The van der Waals surface area contributed by atoms with Crippen LogP contribution in [-0.2, 0) is 6.54 Å². The molecule has 8 nitrogen and oxygen atoms in total. The summed E-state index contributed by atoms with van der Waals surface area (Å²) in [5.41, 5.74) is 2.04. The molecule has 8 heteroatoms. The van der Waals surface area contributed by atoms with Crippen LogP contribution in [0, 0.1) is 6.92 Å². The van der Waals surface area contributed by atoms with Gasteiger partial charge in [-0.25, -0.2) is 4.98 Å². The largest absolute Gasteiger partial charge is 0.454 e. The highest BCUT2D eigenvalue weighted by Crippen LogP contribution is 2.32. The second kappa shape index (κ2) is 6.07. The highest BCUT2D eigenvalue weighted by molar-refractivity contribution is 5.53. The first-order valence-corrected chi connectivity index (χ1v) is 7.51. The molecule has 0 saturated carbocycles. The lowest BCUT2D eigenvalue weighted by molar-refractivity contribution is 0.174. The molecule has 1 aliphatic rings. The predicted octanol–water partition coefficient (Wildman–Crippen LogP) is 2.59. The van der Waals surface area contributed by atoms with Gasteiger partial charge in [-0.2, -0.15) is 10.1 Å². The quantitative estimate of drug-likeness (QED) is 0.663. The van der Waals surface area contributed by atoms with Gasteiger partial charge in [0.05, 0.1) is 0 Å². The number of H-pyrrole nitrogens is 1. The van der Waals surface area contributed by atoms with Gasteiger partial charge in [-0.05, 0) is 30.7 Å². The first-order chi connectivity index (χ1) is 11.8. The lowest BCUT2D eigenvalue weighted by Gasteiger charge is -2.07. The molecular formula is C16H16N6O2. The molecular weight excluding hydrogens is 308 g/mol. The van der Waals surface area contributed by atoms with E-state index in [-0.39, 0.29) is 6.79 Å². The highest BCUT2D eigenvalue weighted by atomic mass is 16.7. The summed E-state index contributed by atoms with van der Waals surface area (Å²) in [4.78, 5) is 8.65. The van der Waals surface area contributed by atoms with Gasteiger partial charge in [0.1, 0.15) is 5.82 Å². The van der Waals surface area contributed by atoms with Crippen LogP contribution in [0.1, 0.15) is 11.3 Å². The van der Waals surface area contributed by atoms with Gasteiger partial charge in [-0.1, -0.05) is 6.07 Å². The maximum atomic E-state index is 5.38. The van der Waals surface area contributed by atoms with E-state index >= 15 is 0 Å². The topological polar surface area (TPSA) is 97.0 Å². The molecule has 1 aromatic carbocycles. The number of ether oxygens (including phenoxy) is 2. The van der Waals surface area contributed by atoms with Crippen molar-refractivity contribution in [3.05, 3.63) is 47.8 Å². The molecule has 1 aliphatic heterocycles. The van der Waals surface area contributed by atoms with E-state index in [0.717, 1.165) is 22.8 Å². The van der Waals surface area contributed by atoms with Crippen LogP contribution >= 0.6 is 0 Å². The van der Waals surface area contributed by atoms with Crippen molar-refractivity contribution >= 4 is 17.6 Å². The van der Waals surface area contributed by atoms with Crippen LogP contribution in [-0.4, -0.2) is 27.0 Å². The smallest absolute Gasteiger partial charge is 0.231 e. The first kappa shape index (κ1) is 14.3. The van der Waals surface area contributed by atoms with Crippen LogP contribution in [0.3, 0.4) is 0 Å². The van der Waals surface area contributed by atoms with E-state index in [9.17, 15) is 0 Å². The molecule has 0 atom stereocenters. The fraction of sp³-hybridized carbons (Fsp3) is 0.188. The van der Waals surface area contributed by atoms with Gasteiger partial charge < -0.3 is 20.1 Å². The third-order valence-electron chi connectivity index (χ3n) is 3.51.